The number of halogens is 1. The van der Waals surface area contributed by atoms with Crippen LogP contribution in [0.15, 0.2) is 73.5 Å². The Morgan fingerprint density at radius 1 is 1.00 bits per heavy atom. The molecule has 0 atom stereocenters. The number of fused-ring (bicyclic) bond motifs is 1. The number of rotatable bonds is 2. The highest BCUT2D eigenvalue weighted by Gasteiger charge is 2.22. The third-order valence-corrected chi connectivity index (χ3v) is 5.10. The van der Waals surface area contributed by atoms with E-state index in [1.54, 1.807) is 48.5 Å². The topological polar surface area (TPSA) is 47.3 Å². The number of furan rings is 1. The van der Waals surface area contributed by atoms with Gasteiger partial charge in [-0.2, -0.15) is 0 Å². The third-order valence-electron chi connectivity index (χ3n) is 2.84. The number of para-hydroxylation sites is 1. The lowest BCUT2D eigenvalue weighted by Crippen LogP contribution is -2.00. The van der Waals surface area contributed by atoms with Crippen LogP contribution in [-0.4, -0.2) is 8.42 Å². The van der Waals surface area contributed by atoms with E-state index in [9.17, 15) is 8.42 Å². The van der Waals surface area contributed by atoms with Crippen molar-refractivity contribution in [2.75, 3.05) is 0 Å². The zero-order valence-corrected chi connectivity index (χ0v) is 12.1. The van der Waals surface area contributed by atoms with Crippen molar-refractivity contribution in [1.82, 2.24) is 0 Å². The average molecular weight is 337 g/mol. The Morgan fingerprint density at radius 3 is 2.58 bits per heavy atom. The predicted molar refractivity (Wildman–Crippen MR) is 75.8 cm³/mol. The van der Waals surface area contributed by atoms with E-state index in [1.807, 2.05) is 0 Å². The molecule has 0 radical (unpaired) electrons. The lowest BCUT2D eigenvalue weighted by Gasteiger charge is -2.02. The second-order valence-electron chi connectivity index (χ2n) is 4.06. The van der Waals surface area contributed by atoms with Crippen molar-refractivity contribution in [1.29, 1.82) is 0 Å². The molecule has 0 saturated heterocycles. The van der Waals surface area contributed by atoms with Gasteiger partial charge in [-0.25, -0.2) is 8.42 Å². The second-order valence-corrected chi connectivity index (χ2v) is 6.89. The van der Waals surface area contributed by atoms with Crippen molar-refractivity contribution >= 4 is 36.7 Å². The van der Waals surface area contributed by atoms with Gasteiger partial charge in [0.05, 0.1) is 4.90 Å². The summed E-state index contributed by atoms with van der Waals surface area (Å²) in [6, 6.07) is 13.7. The van der Waals surface area contributed by atoms with E-state index in [1.165, 1.54) is 6.26 Å². The third kappa shape index (κ3) is 2.09. The highest BCUT2D eigenvalue weighted by molar-refractivity contribution is 9.10. The Labute approximate surface area is 118 Å². The summed E-state index contributed by atoms with van der Waals surface area (Å²) >= 11 is 3.28. The summed E-state index contributed by atoms with van der Waals surface area (Å²) in [7, 11) is -3.57. The first kappa shape index (κ1) is 12.4. The molecule has 1 aromatic heterocycles. The molecule has 0 aliphatic carbocycles. The van der Waals surface area contributed by atoms with E-state index in [-0.39, 0.29) is 9.79 Å². The molecule has 0 N–H and O–H groups in total. The standard InChI is InChI=1S/C14H9BrO3S/c15-10-4-3-5-11(8-10)19(16,17)14-9-18-13-7-2-1-6-12(13)14/h1-9H. The van der Waals surface area contributed by atoms with Crippen molar-refractivity contribution in [3.05, 3.63) is 59.3 Å². The van der Waals surface area contributed by atoms with E-state index in [4.69, 9.17) is 4.42 Å². The van der Waals surface area contributed by atoms with Gasteiger partial charge < -0.3 is 4.42 Å². The summed E-state index contributed by atoms with van der Waals surface area (Å²) < 4.78 is 31.2. The SMILES string of the molecule is O=S(=O)(c1cccc(Br)c1)c1coc2ccccc12. The fourth-order valence-electron chi connectivity index (χ4n) is 1.92. The van der Waals surface area contributed by atoms with Gasteiger partial charge in [-0.15, -0.1) is 0 Å². The van der Waals surface area contributed by atoms with Crippen molar-refractivity contribution in [3.63, 3.8) is 0 Å². The van der Waals surface area contributed by atoms with Crippen LogP contribution in [0.5, 0.6) is 0 Å². The summed E-state index contributed by atoms with van der Waals surface area (Å²) in [6.07, 6.45) is 1.29. The molecule has 3 aromatic rings. The summed E-state index contributed by atoms with van der Waals surface area (Å²) in [5.74, 6) is 0. The minimum absolute atomic E-state index is 0.196. The highest BCUT2D eigenvalue weighted by atomic mass is 79.9. The monoisotopic (exact) mass is 336 g/mol. The van der Waals surface area contributed by atoms with Gasteiger partial charge >= 0.3 is 0 Å². The molecule has 3 rings (SSSR count). The van der Waals surface area contributed by atoms with Gasteiger partial charge in [-0.05, 0) is 30.3 Å². The summed E-state index contributed by atoms with van der Waals surface area (Å²) in [4.78, 5) is 0.439. The Hall–Kier alpha value is -1.59. The minimum atomic E-state index is -3.57. The number of hydrogen-bond donors (Lipinski definition) is 0. The summed E-state index contributed by atoms with van der Waals surface area (Å²) in [5.41, 5.74) is 0.566. The van der Waals surface area contributed by atoms with Crippen LogP contribution in [-0.2, 0) is 9.84 Å². The molecule has 0 fully saturated rings. The molecule has 0 aliphatic rings. The Balaban J connectivity index is 2.26. The van der Waals surface area contributed by atoms with E-state index in [0.717, 1.165) is 4.47 Å². The smallest absolute Gasteiger partial charge is 0.210 e. The van der Waals surface area contributed by atoms with Crippen molar-refractivity contribution in [3.8, 4) is 0 Å². The molecule has 0 spiro atoms. The molecule has 5 heteroatoms. The molecule has 96 valence electrons. The normalized spacial score (nSPS) is 11.8. The predicted octanol–water partition coefficient (Wildman–Crippen LogP) is 4.03. The molecule has 0 saturated carbocycles. The van der Waals surface area contributed by atoms with E-state index in [2.05, 4.69) is 15.9 Å². The molecular formula is C14H9BrO3S. The van der Waals surface area contributed by atoms with Crippen LogP contribution >= 0.6 is 15.9 Å². The first-order valence-electron chi connectivity index (χ1n) is 5.56. The molecule has 3 nitrogen and oxygen atoms in total. The van der Waals surface area contributed by atoms with Gasteiger partial charge in [-0.3, -0.25) is 0 Å². The zero-order valence-electron chi connectivity index (χ0n) is 9.71. The minimum Gasteiger partial charge on any atom is -0.463 e. The maximum absolute atomic E-state index is 12.6. The fraction of sp³-hybridized carbons (Fsp3) is 0. The Kier molecular flexibility index (Phi) is 2.95. The van der Waals surface area contributed by atoms with Crippen LogP contribution < -0.4 is 0 Å². The van der Waals surface area contributed by atoms with Crippen LogP contribution in [0, 0.1) is 0 Å². The number of benzene rings is 2. The Morgan fingerprint density at radius 2 is 1.79 bits per heavy atom. The van der Waals surface area contributed by atoms with Gasteiger partial charge in [0, 0.05) is 9.86 Å². The largest absolute Gasteiger partial charge is 0.463 e. The molecule has 0 amide bonds. The maximum atomic E-state index is 12.6. The van der Waals surface area contributed by atoms with E-state index >= 15 is 0 Å². The summed E-state index contributed by atoms with van der Waals surface area (Å²) in [6.45, 7) is 0. The molecule has 0 aliphatic heterocycles. The summed E-state index contributed by atoms with van der Waals surface area (Å²) in [5, 5.41) is 0.600. The van der Waals surface area contributed by atoms with Crippen LogP contribution in [0.3, 0.4) is 0 Å². The van der Waals surface area contributed by atoms with Crippen molar-refractivity contribution < 1.29 is 12.8 Å². The van der Waals surface area contributed by atoms with Crippen LogP contribution in [0.1, 0.15) is 0 Å². The van der Waals surface area contributed by atoms with Gasteiger partial charge in [0.15, 0.2) is 0 Å². The molecular weight excluding hydrogens is 328 g/mol. The first-order valence-corrected chi connectivity index (χ1v) is 7.83. The van der Waals surface area contributed by atoms with Gasteiger partial charge in [-0.1, -0.05) is 34.1 Å². The molecule has 0 bridgehead atoms. The van der Waals surface area contributed by atoms with Crippen LogP contribution in [0.2, 0.25) is 0 Å². The number of sulfone groups is 1. The fourth-order valence-corrected chi connectivity index (χ4v) is 3.90. The molecule has 19 heavy (non-hydrogen) atoms. The maximum Gasteiger partial charge on any atom is 0.210 e. The van der Waals surface area contributed by atoms with Gasteiger partial charge in [0.25, 0.3) is 0 Å². The quantitative estimate of drug-likeness (QED) is 0.709. The lowest BCUT2D eigenvalue weighted by molar-refractivity contribution is 0.584. The van der Waals surface area contributed by atoms with Crippen molar-refractivity contribution in [2.45, 2.75) is 9.79 Å². The van der Waals surface area contributed by atoms with Gasteiger partial charge in [0.1, 0.15) is 16.7 Å². The van der Waals surface area contributed by atoms with Gasteiger partial charge in [0.2, 0.25) is 9.84 Å². The highest BCUT2D eigenvalue weighted by Crippen LogP contribution is 2.30. The molecule has 2 aromatic carbocycles. The molecule has 1 heterocycles. The lowest BCUT2D eigenvalue weighted by atomic mass is 10.3. The number of hydrogen-bond acceptors (Lipinski definition) is 3. The average Bonchev–Trinajstić information content (AvgIpc) is 2.83. The Bertz CT molecular complexity index is 850. The van der Waals surface area contributed by atoms with Crippen LogP contribution in [0.4, 0.5) is 0 Å². The molecule has 0 unspecified atom stereocenters. The van der Waals surface area contributed by atoms with E-state index < -0.39 is 9.84 Å². The zero-order chi connectivity index (χ0) is 13.5. The van der Waals surface area contributed by atoms with E-state index in [0.29, 0.717) is 11.0 Å². The first-order chi connectivity index (χ1) is 9.09. The second kappa shape index (κ2) is 4.51. The van der Waals surface area contributed by atoms with Crippen molar-refractivity contribution in [2.24, 2.45) is 0 Å². The van der Waals surface area contributed by atoms with Crippen LogP contribution in [0.25, 0.3) is 11.0 Å².